The molecule has 1 unspecified atom stereocenters. The van der Waals surface area contributed by atoms with Crippen LogP contribution < -0.4 is 10.6 Å². The zero-order valence-electron chi connectivity index (χ0n) is 18.4. The Kier molecular flexibility index (Phi) is 10.9. The first-order valence-electron chi connectivity index (χ1n) is 9.89. The number of amides is 2. The third-order valence-corrected chi connectivity index (χ3v) is 5.23. The maximum absolute atomic E-state index is 12.3. The number of thiophene rings is 1. The van der Waals surface area contributed by atoms with Crippen LogP contribution in [0.25, 0.3) is 0 Å². The average Bonchev–Trinajstić information content (AvgIpc) is 3.29. The minimum Gasteiger partial charge on any atom is -0.444 e. The van der Waals surface area contributed by atoms with Crippen molar-refractivity contribution in [1.29, 1.82) is 0 Å². The van der Waals surface area contributed by atoms with E-state index in [1.807, 2.05) is 26.8 Å². The Hall–Kier alpha value is -1.56. The number of hydrogen-bond acceptors (Lipinski definition) is 5. The number of likely N-dealkylation sites (tertiary alicyclic amines) is 1. The first-order chi connectivity index (χ1) is 13.6. The van der Waals surface area contributed by atoms with E-state index in [2.05, 4.69) is 27.1 Å². The lowest BCUT2D eigenvalue weighted by molar-refractivity contribution is -0.127. The molecule has 170 valence electrons. The van der Waals surface area contributed by atoms with Crippen LogP contribution >= 0.6 is 35.3 Å². The van der Waals surface area contributed by atoms with E-state index in [-0.39, 0.29) is 48.6 Å². The molecule has 0 radical (unpaired) electrons. The summed E-state index contributed by atoms with van der Waals surface area (Å²) < 4.78 is 5.45. The Balaban J connectivity index is 0.00000450. The maximum atomic E-state index is 12.3. The van der Waals surface area contributed by atoms with Gasteiger partial charge in [-0.2, -0.15) is 0 Å². The number of carbonyl (C=O) groups excluding carboxylic acids is 2. The van der Waals surface area contributed by atoms with Crippen LogP contribution in [0.1, 0.15) is 32.1 Å². The predicted molar refractivity (Wildman–Crippen MR) is 132 cm³/mol. The highest BCUT2D eigenvalue weighted by molar-refractivity contribution is 14.0. The highest BCUT2D eigenvalue weighted by Gasteiger charge is 2.30. The summed E-state index contributed by atoms with van der Waals surface area (Å²) in [5.74, 6) is 0.527. The van der Waals surface area contributed by atoms with Gasteiger partial charge in [0.15, 0.2) is 5.96 Å². The molecule has 2 rings (SSSR count). The van der Waals surface area contributed by atoms with E-state index < -0.39 is 5.60 Å². The second kappa shape index (κ2) is 12.3. The van der Waals surface area contributed by atoms with Crippen molar-refractivity contribution in [3.05, 3.63) is 22.4 Å². The zero-order valence-corrected chi connectivity index (χ0v) is 21.6. The molecule has 2 amide bonds. The number of hydrogen-bond donors (Lipinski definition) is 2. The van der Waals surface area contributed by atoms with E-state index in [1.54, 1.807) is 30.3 Å². The first-order valence-corrected chi connectivity index (χ1v) is 10.8. The molecule has 10 heteroatoms. The van der Waals surface area contributed by atoms with Gasteiger partial charge < -0.3 is 25.2 Å². The minimum absolute atomic E-state index is 0. The second-order valence-electron chi connectivity index (χ2n) is 8.27. The third-order valence-electron chi connectivity index (χ3n) is 4.30. The molecular formula is C20H34IN5O3S. The van der Waals surface area contributed by atoms with Crippen LogP contribution in [0.5, 0.6) is 0 Å². The van der Waals surface area contributed by atoms with Crippen molar-refractivity contribution in [2.75, 3.05) is 40.3 Å². The van der Waals surface area contributed by atoms with E-state index in [9.17, 15) is 9.59 Å². The third kappa shape index (κ3) is 9.50. The number of carbonyl (C=O) groups is 2. The van der Waals surface area contributed by atoms with Crippen molar-refractivity contribution >= 4 is 53.3 Å². The maximum Gasteiger partial charge on any atom is 0.410 e. The van der Waals surface area contributed by atoms with Gasteiger partial charge in [-0.15, -0.1) is 35.3 Å². The van der Waals surface area contributed by atoms with Gasteiger partial charge in [0.1, 0.15) is 12.1 Å². The number of halogens is 1. The first kappa shape index (κ1) is 26.5. The lowest BCUT2D eigenvalue weighted by Gasteiger charge is -2.24. The molecular weight excluding hydrogens is 517 g/mol. The molecule has 1 saturated heterocycles. The number of ether oxygens (including phenoxy) is 1. The molecule has 1 aliphatic rings. The van der Waals surface area contributed by atoms with Crippen LogP contribution in [-0.4, -0.2) is 79.7 Å². The van der Waals surface area contributed by atoms with E-state index in [0.717, 1.165) is 12.8 Å². The molecule has 1 aromatic rings. The lowest BCUT2D eigenvalue weighted by atomic mass is 10.2. The fourth-order valence-electron chi connectivity index (χ4n) is 2.76. The lowest BCUT2D eigenvalue weighted by Crippen LogP contribution is -2.46. The molecule has 30 heavy (non-hydrogen) atoms. The number of likely N-dealkylation sites (N-methyl/N-ethyl adjacent to an activating group) is 1. The van der Waals surface area contributed by atoms with Crippen LogP contribution in [0.2, 0.25) is 0 Å². The second-order valence-corrected chi connectivity index (χ2v) is 9.30. The molecule has 0 aliphatic carbocycles. The molecule has 1 aliphatic heterocycles. The molecule has 2 heterocycles. The summed E-state index contributed by atoms with van der Waals surface area (Å²) in [6, 6.07) is 4.19. The van der Waals surface area contributed by atoms with E-state index in [1.165, 1.54) is 9.78 Å². The van der Waals surface area contributed by atoms with Gasteiger partial charge in [-0.3, -0.25) is 4.79 Å². The standard InChI is InChI=1S/C20H33N5O3S.HI/c1-20(2,3)28-19(27)25-11-9-15(14-25)23-18(22-13-17(26)24(4)5)21-10-8-16-7-6-12-29-16;/h6-7,12,15H,8-11,13-14H2,1-5H3,(H2,21,22,23);1H. The van der Waals surface area contributed by atoms with Gasteiger partial charge in [-0.1, -0.05) is 6.07 Å². The Bertz CT molecular complexity index is 704. The summed E-state index contributed by atoms with van der Waals surface area (Å²) in [6.45, 7) is 7.55. The molecule has 1 fully saturated rings. The van der Waals surface area contributed by atoms with Crippen molar-refractivity contribution in [2.45, 2.75) is 45.3 Å². The fourth-order valence-corrected chi connectivity index (χ4v) is 3.47. The molecule has 0 aromatic carbocycles. The van der Waals surface area contributed by atoms with Gasteiger partial charge in [0, 0.05) is 44.6 Å². The van der Waals surface area contributed by atoms with Gasteiger partial charge in [-0.05, 0) is 45.1 Å². The Morgan fingerprint density at radius 2 is 2.10 bits per heavy atom. The quantitative estimate of drug-likeness (QED) is 0.323. The molecule has 0 spiro atoms. The van der Waals surface area contributed by atoms with Gasteiger partial charge in [0.2, 0.25) is 5.91 Å². The van der Waals surface area contributed by atoms with Crippen molar-refractivity contribution in [3.63, 3.8) is 0 Å². The topological polar surface area (TPSA) is 86.3 Å². The molecule has 1 atom stereocenters. The van der Waals surface area contributed by atoms with Crippen LogP contribution in [0.15, 0.2) is 22.5 Å². The van der Waals surface area contributed by atoms with Crippen molar-refractivity contribution < 1.29 is 14.3 Å². The van der Waals surface area contributed by atoms with Crippen LogP contribution in [-0.2, 0) is 16.0 Å². The van der Waals surface area contributed by atoms with Gasteiger partial charge in [-0.25, -0.2) is 9.79 Å². The normalized spacial score (nSPS) is 16.6. The minimum atomic E-state index is -0.509. The molecule has 0 saturated carbocycles. The summed E-state index contributed by atoms with van der Waals surface area (Å²) in [4.78, 5) is 33.1. The largest absolute Gasteiger partial charge is 0.444 e. The summed E-state index contributed by atoms with van der Waals surface area (Å²) >= 11 is 1.72. The number of nitrogens with one attached hydrogen (secondary N) is 2. The van der Waals surface area contributed by atoms with Gasteiger partial charge in [0.05, 0.1) is 0 Å². The van der Waals surface area contributed by atoms with Gasteiger partial charge >= 0.3 is 6.09 Å². The monoisotopic (exact) mass is 551 g/mol. The molecule has 8 nitrogen and oxygen atoms in total. The van der Waals surface area contributed by atoms with Crippen LogP contribution in [0.3, 0.4) is 0 Å². The van der Waals surface area contributed by atoms with Crippen LogP contribution in [0.4, 0.5) is 4.79 Å². The van der Waals surface area contributed by atoms with Crippen molar-refractivity contribution in [2.24, 2.45) is 4.99 Å². The molecule has 0 bridgehead atoms. The summed E-state index contributed by atoms with van der Waals surface area (Å²) in [6.07, 6.45) is 1.38. The number of nitrogens with zero attached hydrogens (tertiary/aromatic N) is 3. The summed E-state index contributed by atoms with van der Waals surface area (Å²) in [5.41, 5.74) is -0.509. The summed E-state index contributed by atoms with van der Waals surface area (Å²) in [5, 5.41) is 8.72. The summed E-state index contributed by atoms with van der Waals surface area (Å²) in [7, 11) is 3.43. The van der Waals surface area contributed by atoms with E-state index in [4.69, 9.17) is 4.74 Å². The van der Waals surface area contributed by atoms with Crippen LogP contribution in [0, 0.1) is 0 Å². The van der Waals surface area contributed by atoms with Gasteiger partial charge in [0.25, 0.3) is 0 Å². The predicted octanol–water partition coefficient (Wildman–Crippen LogP) is 2.54. The number of guanidine groups is 1. The Morgan fingerprint density at radius 3 is 2.70 bits per heavy atom. The highest BCUT2D eigenvalue weighted by atomic mass is 127. The molecule has 1 aromatic heterocycles. The number of rotatable bonds is 6. The van der Waals surface area contributed by atoms with Crippen molar-refractivity contribution in [1.82, 2.24) is 20.4 Å². The Morgan fingerprint density at radius 1 is 1.37 bits per heavy atom. The smallest absolute Gasteiger partial charge is 0.410 e. The van der Waals surface area contributed by atoms with Crippen molar-refractivity contribution in [3.8, 4) is 0 Å². The average molecular weight is 551 g/mol. The number of aliphatic imine (C=N–C) groups is 1. The highest BCUT2D eigenvalue weighted by Crippen LogP contribution is 2.15. The zero-order chi connectivity index (χ0) is 21.4. The fraction of sp³-hybridized carbons (Fsp3) is 0.650. The SMILES string of the molecule is CN(C)C(=O)CN=C(NCCc1cccs1)NC1CCN(C(=O)OC(C)(C)C)C1.I. The van der Waals surface area contributed by atoms with E-state index >= 15 is 0 Å². The Labute approximate surface area is 200 Å². The van der Waals surface area contributed by atoms with E-state index in [0.29, 0.717) is 25.6 Å². The molecule has 2 N–H and O–H groups in total.